The Morgan fingerprint density at radius 1 is 1.10 bits per heavy atom. The van der Waals surface area contributed by atoms with Crippen LogP contribution in [0.4, 0.5) is 9.18 Å². The van der Waals surface area contributed by atoms with Crippen molar-refractivity contribution in [2.24, 2.45) is 35.3 Å². The number of esters is 1. The normalized spacial score (nSPS) is 36.1. The van der Waals surface area contributed by atoms with E-state index in [9.17, 15) is 19.5 Å². The Balaban J connectivity index is 1.41. The summed E-state index contributed by atoms with van der Waals surface area (Å²) < 4.78 is 37.3. The highest BCUT2D eigenvalue weighted by Crippen LogP contribution is 2.67. The smallest absolute Gasteiger partial charge is 0.479 e. The van der Waals surface area contributed by atoms with Crippen molar-refractivity contribution in [1.29, 1.82) is 0 Å². The second-order valence-electron chi connectivity index (χ2n) is 11.9. The molecule has 1 unspecified atom stereocenters. The minimum atomic E-state index is -2.65. The van der Waals surface area contributed by atoms with Gasteiger partial charge in [-0.1, -0.05) is 57.0 Å². The molecule has 216 valence electrons. The van der Waals surface area contributed by atoms with Gasteiger partial charge in [0.1, 0.15) is 11.6 Å². The maximum Gasteiger partial charge on any atom is 0.511 e. The van der Waals surface area contributed by atoms with Crippen molar-refractivity contribution >= 4 is 18.1 Å². The number of ether oxygens (including phenoxy) is 4. The van der Waals surface area contributed by atoms with Crippen molar-refractivity contribution in [2.45, 2.75) is 96.6 Å². The van der Waals surface area contributed by atoms with Crippen LogP contribution in [-0.2, 0) is 35.1 Å². The minimum Gasteiger partial charge on any atom is -0.479 e. The zero-order valence-electron chi connectivity index (χ0n) is 23.2. The number of aliphatic carboxylic acids is 1. The highest BCUT2D eigenvalue weighted by atomic mass is 19.1. The minimum absolute atomic E-state index is 0.0569. The van der Waals surface area contributed by atoms with E-state index in [-0.39, 0.29) is 25.0 Å². The summed E-state index contributed by atoms with van der Waals surface area (Å²) >= 11 is 0. The number of carbonyl (C=O) groups excluding carboxylic acids is 2. The number of benzene rings is 1. The Hall–Kier alpha value is -2.72. The molecule has 3 saturated carbocycles. The molecule has 0 saturated heterocycles. The summed E-state index contributed by atoms with van der Waals surface area (Å²) in [5, 5.41) is 9.48. The van der Waals surface area contributed by atoms with Gasteiger partial charge in [0.2, 0.25) is 12.0 Å². The number of carboxylic acid groups (broad SMARTS) is 1. The third kappa shape index (κ3) is 5.63. The van der Waals surface area contributed by atoms with Gasteiger partial charge in [-0.2, -0.15) is 0 Å². The lowest BCUT2D eigenvalue weighted by Gasteiger charge is -2.36. The molecule has 0 aromatic heterocycles. The van der Waals surface area contributed by atoms with Gasteiger partial charge < -0.3 is 29.8 Å². The van der Waals surface area contributed by atoms with Crippen LogP contribution in [0.5, 0.6) is 0 Å². The predicted molar refractivity (Wildman–Crippen MR) is 138 cm³/mol. The van der Waals surface area contributed by atoms with Crippen molar-refractivity contribution < 1.29 is 42.8 Å². The average Bonchev–Trinajstić information content (AvgIpc) is 3.33. The van der Waals surface area contributed by atoms with Gasteiger partial charge in [-0.15, -0.1) is 0 Å². The van der Waals surface area contributed by atoms with Gasteiger partial charge in [0.05, 0.1) is 12.7 Å². The Morgan fingerprint density at radius 3 is 2.38 bits per heavy atom. The maximum atomic E-state index is 15.3. The van der Waals surface area contributed by atoms with E-state index in [2.05, 4.69) is 20.8 Å². The monoisotopic (exact) mass is 549 g/mol. The molecule has 0 bridgehead atoms. The number of rotatable bonds is 9. The summed E-state index contributed by atoms with van der Waals surface area (Å²) in [5.41, 5.74) is 3.61. The van der Waals surface area contributed by atoms with Crippen LogP contribution in [0, 0.1) is 36.5 Å². The molecule has 10 heteroatoms. The number of hydrogen-bond acceptors (Lipinski definition) is 8. The van der Waals surface area contributed by atoms with Gasteiger partial charge in [0.25, 0.3) is 0 Å². The third-order valence-electron chi connectivity index (χ3n) is 8.80. The maximum absolute atomic E-state index is 15.3. The quantitative estimate of drug-likeness (QED) is 0.337. The number of nitrogens with two attached hydrogens (primary N) is 1. The van der Waals surface area contributed by atoms with Crippen molar-refractivity contribution in [1.82, 2.24) is 0 Å². The molecule has 3 fully saturated rings. The molecule has 3 N–H and O–H groups in total. The van der Waals surface area contributed by atoms with Gasteiger partial charge in [0, 0.05) is 18.8 Å². The van der Waals surface area contributed by atoms with Gasteiger partial charge in [-0.05, 0) is 49.5 Å². The number of carbonyl (C=O) groups is 3. The number of fused-ring (bicyclic) bond motifs is 1. The molecule has 3 aliphatic rings. The summed E-state index contributed by atoms with van der Waals surface area (Å²) in [6, 6.07) is 7.52. The first kappa shape index (κ1) is 29.3. The van der Waals surface area contributed by atoms with E-state index >= 15 is 4.39 Å². The van der Waals surface area contributed by atoms with Crippen LogP contribution in [0.1, 0.15) is 64.5 Å². The first-order chi connectivity index (χ1) is 18.3. The van der Waals surface area contributed by atoms with E-state index in [1.54, 1.807) is 0 Å². The summed E-state index contributed by atoms with van der Waals surface area (Å²) in [5.74, 6) is -4.15. The molecule has 39 heavy (non-hydrogen) atoms. The van der Waals surface area contributed by atoms with Crippen LogP contribution in [0.15, 0.2) is 24.3 Å². The van der Waals surface area contributed by atoms with Gasteiger partial charge >= 0.3 is 18.1 Å². The van der Waals surface area contributed by atoms with E-state index in [0.29, 0.717) is 11.8 Å². The van der Waals surface area contributed by atoms with Gasteiger partial charge in [0.15, 0.2) is 0 Å². The van der Waals surface area contributed by atoms with Gasteiger partial charge in [-0.3, -0.25) is 0 Å². The molecular weight excluding hydrogens is 509 g/mol. The Bertz CT molecular complexity index is 1080. The fourth-order valence-corrected chi connectivity index (χ4v) is 6.49. The highest BCUT2D eigenvalue weighted by molar-refractivity contribution is 5.91. The summed E-state index contributed by atoms with van der Waals surface area (Å²) in [6.45, 7) is 9.64. The lowest BCUT2D eigenvalue weighted by molar-refractivity contribution is -0.184. The highest BCUT2D eigenvalue weighted by Gasteiger charge is 2.85. The van der Waals surface area contributed by atoms with Crippen molar-refractivity contribution in [2.75, 3.05) is 0 Å². The average molecular weight is 550 g/mol. The number of hydrogen-bond donors (Lipinski definition) is 2. The SMILES string of the molecule is Cc1ccc(CO[C@@H]2C[C@@H]3[C@H]([C@]2(N)C(=O)OC(C)OC(=O)O[C@@H]2C[C@H](C)CC[C@H]2C(C)C)[C@@]3(F)C(=O)O)cc1. The molecule has 9 nitrogen and oxygen atoms in total. The predicted octanol–water partition coefficient (Wildman–Crippen LogP) is 4.52. The number of halogens is 1. The summed E-state index contributed by atoms with van der Waals surface area (Å²) in [4.78, 5) is 37.6. The van der Waals surface area contributed by atoms with E-state index in [0.717, 1.165) is 30.4 Å². The Morgan fingerprint density at radius 2 is 1.77 bits per heavy atom. The van der Waals surface area contributed by atoms with Crippen molar-refractivity contribution in [3.8, 4) is 0 Å². The largest absolute Gasteiger partial charge is 0.511 e. The van der Waals surface area contributed by atoms with Gasteiger partial charge in [-0.25, -0.2) is 18.8 Å². The molecule has 1 aromatic rings. The lowest BCUT2D eigenvalue weighted by atomic mass is 9.75. The Labute approximate surface area is 228 Å². The first-order valence-electron chi connectivity index (χ1n) is 13.7. The van der Waals surface area contributed by atoms with Crippen LogP contribution >= 0.6 is 0 Å². The van der Waals surface area contributed by atoms with Crippen LogP contribution in [0.2, 0.25) is 0 Å². The van der Waals surface area contributed by atoms with Crippen molar-refractivity contribution in [3.63, 3.8) is 0 Å². The molecule has 0 spiro atoms. The zero-order valence-corrected chi connectivity index (χ0v) is 23.2. The molecular formula is C29H40FNO8. The molecule has 0 heterocycles. The van der Waals surface area contributed by atoms with E-state index in [1.807, 2.05) is 31.2 Å². The fraction of sp³-hybridized carbons (Fsp3) is 0.690. The first-order valence-corrected chi connectivity index (χ1v) is 13.7. The number of alkyl halides is 1. The van der Waals surface area contributed by atoms with Crippen LogP contribution in [-0.4, -0.2) is 52.9 Å². The summed E-state index contributed by atoms with van der Waals surface area (Å²) in [7, 11) is 0. The second kappa shape index (κ2) is 11.0. The molecule has 9 atom stereocenters. The number of carboxylic acids is 1. The van der Waals surface area contributed by atoms with E-state index in [4.69, 9.17) is 24.7 Å². The fourth-order valence-electron chi connectivity index (χ4n) is 6.49. The molecule has 3 aliphatic carbocycles. The second-order valence-corrected chi connectivity index (χ2v) is 11.9. The standard InChI is InChI=1S/C29H40FNO8/c1-15(2)20-11-8-17(4)12-22(20)39-27(35)38-18(5)37-26(34)29(31)23(13-21-24(29)28(21,30)25(32)33)36-14-19-9-6-16(3)7-10-19/h6-7,9-10,15,17-18,20-24H,8,11-14,31H2,1-5H3,(H,32,33)/t17-,18?,20+,21-,22-,23-,24+,28-,29+/m1/s1. The topological polar surface area (TPSA) is 134 Å². The van der Waals surface area contributed by atoms with Crippen molar-refractivity contribution in [3.05, 3.63) is 35.4 Å². The zero-order chi connectivity index (χ0) is 28.7. The van der Waals surface area contributed by atoms with Crippen LogP contribution in [0.3, 0.4) is 0 Å². The van der Waals surface area contributed by atoms with E-state index in [1.165, 1.54) is 6.92 Å². The molecule has 1 aromatic carbocycles. The molecule has 4 rings (SSSR count). The molecule has 0 radical (unpaired) electrons. The van der Waals surface area contributed by atoms with Crippen LogP contribution in [0.25, 0.3) is 0 Å². The van der Waals surface area contributed by atoms with E-state index < -0.39 is 53.5 Å². The third-order valence-corrected chi connectivity index (χ3v) is 8.80. The lowest BCUT2D eigenvalue weighted by Crippen LogP contribution is -2.61. The summed E-state index contributed by atoms with van der Waals surface area (Å²) in [6.07, 6.45) is -0.996. The molecule has 0 amide bonds. The van der Waals surface area contributed by atoms with Crippen LogP contribution < -0.4 is 5.73 Å². The number of aryl methyl sites for hydroxylation is 1. The Kier molecular flexibility index (Phi) is 8.28. The molecule has 0 aliphatic heterocycles.